The zero-order valence-electron chi connectivity index (χ0n) is 11.8. The highest BCUT2D eigenvalue weighted by Gasteiger charge is 2.33. The number of hydrogen-bond acceptors (Lipinski definition) is 5. The van der Waals surface area contributed by atoms with Gasteiger partial charge in [-0.3, -0.25) is 9.59 Å². The van der Waals surface area contributed by atoms with Crippen LogP contribution in [0.3, 0.4) is 0 Å². The maximum atomic E-state index is 12.3. The number of esters is 1. The first kappa shape index (κ1) is 16.4. The summed E-state index contributed by atoms with van der Waals surface area (Å²) < 4.78 is 29.2. The smallest absolute Gasteiger partial charge is 0.324 e. The van der Waals surface area contributed by atoms with E-state index < -0.39 is 21.1 Å². The van der Waals surface area contributed by atoms with Crippen molar-refractivity contribution in [3.63, 3.8) is 0 Å². The number of ether oxygens (including phenoxy) is 1. The minimum Gasteiger partial charge on any atom is -0.468 e. The summed E-state index contributed by atoms with van der Waals surface area (Å²) in [7, 11) is -2.64. The summed E-state index contributed by atoms with van der Waals surface area (Å²) in [5, 5.41) is -1.22. The van der Waals surface area contributed by atoms with E-state index in [1.165, 1.54) is 24.3 Å². The van der Waals surface area contributed by atoms with Gasteiger partial charge >= 0.3 is 5.97 Å². The lowest BCUT2D eigenvalue weighted by atomic mass is 10.1. The zero-order valence-corrected chi connectivity index (χ0v) is 12.6. The maximum Gasteiger partial charge on any atom is 0.324 e. The molecule has 0 aliphatic rings. The quantitative estimate of drug-likeness (QED) is 0.593. The molecule has 5 nitrogen and oxygen atoms in total. The average Bonchev–Trinajstić information content (AvgIpc) is 2.46. The van der Waals surface area contributed by atoms with Crippen molar-refractivity contribution in [1.29, 1.82) is 0 Å². The first-order valence-corrected chi connectivity index (χ1v) is 7.88. The number of benzene rings is 1. The van der Waals surface area contributed by atoms with Gasteiger partial charge in [0.15, 0.2) is 20.9 Å². The Kier molecular flexibility index (Phi) is 5.44. The number of hydrogen-bond donors (Lipinski definition) is 0. The van der Waals surface area contributed by atoms with Crippen molar-refractivity contribution in [2.45, 2.75) is 36.8 Å². The Morgan fingerprint density at radius 2 is 1.70 bits per heavy atom. The lowest BCUT2D eigenvalue weighted by Crippen LogP contribution is -2.30. The molecule has 0 amide bonds. The topological polar surface area (TPSA) is 77.5 Å². The molecule has 20 heavy (non-hydrogen) atoms. The largest absolute Gasteiger partial charge is 0.468 e. The van der Waals surface area contributed by atoms with Gasteiger partial charge < -0.3 is 4.74 Å². The van der Waals surface area contributed by atoms with Gasteiger partial charge in [0.1, 0.15) is 0 Å². The van der Waals surface area contributed by atoms with Gasteiger partial charge in [-0.1, -0.05) is 26.0 Å². The molecule has 0 saturated heterocycles. The van der Waals surface area contributed by atoms with Gasteiger partial charge in [-0.15, -0.1) is 0 Å². The third-order valence-electron chi connectivity index (χ3n) is 3.04. The van der Waals surface area contributed by atoms with Crippen molar-refractivity contribution >= 4 is 21.6 Å². The summed E-state index contributed by atoms with van der Waals surface area (Å²) in [6, 6.07) is 5.62. The predicted octanol–water partition coefficient (Wildman–Crippen LogP) is 2.00. The Hall–Kier alpha value is -1.69. The molecule has 1 atom stereocenters. The van der Waals surface area contributed by atoms with Crippen molar-refractivity contribution in [3.8, 4) is 0 Å². The number of Topliss-reactive ketones (excluding diaryl/α,β-unsaturated/α-hetero) is 1. The highest BCUT2D eigenvalue weighted by Crippen LogP contribution is 2.20. The summed E-state index contributed by atoms with van der Waals surface area (Å²) in [5.74, 6) is -0.838. The summed E-state index contributed by atoms with van der Waals surface area (Å²) in [5.41, 5.74) is 0.456. The minimum absolute atomic E-state index is 0.0161. The first-order chi connectivity index (χ1) is 9.38. The molecule has 0 radical (unpaired) electrons. The van der Waals surface area contributed by atoms with Crippen LogP contribution in [0.25, 0.3) is 0 Å². The van der Waals surface area contributed by atoms with Crippen molar-refractivity contribution in [3.05, 3.63) is 29.8 Å². The van der Waals surface area contributed by atoms with Gasteiger partial charge in [-0.25, -0.2) is 8.42 Å². The number of sulfone groups is 1. The Bertz CT molecular complexity index is 586. The van der Waals surface area contributed by atoms with E-state index in [2.05, 4.69) is 4.74 Å². The number of carbonyl (C=O) groups is 2. The molecule has 0 fully saturated rings. The van der Waals surface area contributed by atoms with E-state index in [9.17, 15) is 18.0 Å². The highest BCUT2D eigenvalue weighted by atomic mass is 32.2. The van der Waals surface area contributed by atoms with Gasteiger partial charge in [-0.2, -0.15) is 0 Å². The number of methoxy groups -OCH3 is 1. The maximum absolute atomic E-state index is 12.3. The van der Waals surface area contributed by atoms with E-state index in [-0.39, 0.29) is 17.1 Å². The van der Waals surface area contributed by atoms with Crippen LogP contribution in [0, 0.1) is 0 Å². The molecule has 1 aromatic carbocycles. The Morgan fingerprint density at radius 3 is 2.10 bits per heavy atom. The van der Waals surface area contributed by atoms with Crippen LogP contribution in [0.4, 0.5) is 0 Å². The predicted molar refractivity (Wildman–Crippen MR) is 74.3 cm³/mol. The van der Waals surface area contributed by atoms with E-state index >= 15 is 0 Å². The Balaban J connectivity index is 3.15. The Morgan fingerprint density at radius 1 is 1.15 bits per heavy atom. The summed E-state index contributed by atoms with van der Waals surface area (Å²) >= 11 is 0. The highest BCUT2D eigenvalue weighted by molar-refractivity contribution is 7.92. The molecule has 0 aliphatic carbocycles. The monoisotopic (exact) mass is 298 g/mol. The molecule has 6 heteroatoms. The average molecular weight is 298 g/mol. The van der Waals surface area contributed by atoms with Crippen LogP contribution in [-0.2, 0) is 19.4 Å². The molecule has 0 heterocycles. The van der Waals surface area contributed by atoms with E-state index in [1.807, 2.05) is 0 Å². The molecule has 0 aromatic heterocycles. The van der Waals surface area contributed by atoms with Crippen LogP contribution in [0.1, 0.15) is 37.0 Å². The van der Waals surface area contributed by atoms with Crippen molar-refractivity contribution < 1.29 is 22.7 Å². The van der Waals surface area contributed by atoms with Gasteiger partial charge in [0, 0.05) is 12.0 Å². The van der Waals surface area contributed by atoms with E-state index in [4.69, 9.17) is 0 Å². The second-order valence-electron chi connectivity index (χ2n) is 4.27. The fourth-order valence-corrected chi connectivity index (χ4v) is 3.48. The second kappa shape index (κ2) is 6.65. The molecule has 0 bridgehead atoms. The SMILES string of the molecule is CCC(=O)c1ccc(S(=O)(=O)C(CC)C(=O)OC)cc1. The second-order valence-corrected chi connectivity index (χ2v) is 6.40. The third kappa shape index (κ3) is 3.25. The summed E-state index contributed by atoms with van der Waals surface area (Å²) in [4.78, 5) is 23.0. The standard InChI is InChI=1S/C14H18O5S/c1-4-12(15)10-6-8-11(9-7-10)20(17,18)13(5-2)14(16)19-3/h6-9,13H,4-5H2,1-3H3. The molecule has 1 rings (SSSR count). The molecule has 110 valence electrons. The number of ketones is 1. The molecular weight excluding hydrogens is 280 g/mol. The van der Waals surface area contributed by atoms with Crippen LogP contribution in [0.15, 0.2) is 29.2 Å². The van der Waals surface area contributed by atoms with E-state index in [0.29, 0.717) is 12.0 Å². The molecule has 0 saturated carbocycles. The van der Waals surface area contributed by atoms with Gasteiger partial charge in [0.25, 0.3) is 0 Å². The van der Waals surface area contributed by atoms with E-state index in [0.717, 1.165) is 7.11 Å². The van der Waals surface area contributed by atoms with Crippen LogP contribution in [0.2, 0.25) is 0 Å². The van der Waals surface area contributed by atoms with Crippen LogP contribution >= 0.6 is 0 Å². The van der Waals surface area contributed by atoms with Crippen molar-refractivity contribution in [1.82, 2.24) is 0 Å². The van der Waals surface area contributed by atoms with Crippen molar-refractivity contribution in [2.75, 3.05) is 7.11 Å². The van der Waals surface area contributed by atoms with Gasteiger partial charge in [0.05, 0.1) is 12.0 Å². The zero-order chi connectivity index (χ0) is 15.3. The minimum atomic E-state index is -3.80. The number of rotatable bonds is 6. The lowest BCUT2D eigenvalue weighted by molar-refractivity contribution is -0.140. The molecular formula is C14H18O5S. The first-order valence-electron chi connectivity index (χ1n) is 6.33. The van der Waals surface area contributed by atoms with E-state index in [1.54, 1.807) is 13.8 Å². The molecule has 1 aromatic rings. The lowest BCUT2D eigenvalue weighted by Gasteiger charge is -2.13. The van der Waals surface area contributed by atoms with Gasteiger partial charge in [0.2, 0.25) is 0 Å². The van der Waals surface area contributed by atoms with Crippen LogP contribution < -0.4 is 0 Å². The fraction of sp³-hybridized carbons (Fsp3) is 0.429. The molecule has 0 N–H and O–H groups in total. The Labute approximate surface area is 118 Å². The normalized spacial score (nSPS) is 12.8. The summed E-state index contributed by atoms with van der Waals surface area (Å²) in [6.45, 7) is 3.34. The number of carbonyl (C=O) groups excluding carboxylic acids is 2. The van der Waals surface area contributed by atoms with Gasteiger partial charge in [-0.05, 0) is 18.6 Å². The van der Waals surface area contributed by atoms with Crippen LogP contribution in [0.5, 0.6) is 0 Å². The van der Waals surface area contributed by atoms with Crippen LogP contribution in [-0.4, -0.2) is 32.5 Å². The molecule has 0 aliphatic heterocycles. The van der Waals surface area contributed by atoms with Crippen molar-refractivity contribution in [2.24, 2.45) is 0 Å². The molecule has 0 spiro atoms. The fourth-order valence-electron chi connectivity index (χ4n) is 1.84. The summed E-state index contributed by atoms with van der Waals surface area (Å²) in [6.07, 6.45) is 0.483. The molecule has 1 unspecified atom stereocenters. The third-order valence-corrected chi connectivity index (χ3v) is 5.24.